The molecule has 3 rings (SSSR count). The molecule has 3 aromatic rings. The summed E-state index contributed by atoms with van der Waals surface area (Å²) in [5, 5.41) is 1.47. The minimum absolute atomic E-state index is 0.270. The van der Waals surface area contributed by atoms with Crippen molar-refractivity contribution in [3.05, 3.63) is 53.4 Å². The molecule has 3 nitrogen and oxygen atoms in total. The number of nitrogens with zero attached hydrogens (tertiary/aromatic N) is 2. The number of hydrogen-bond acceptors (Lipinski definition) is 2. The second kappa shape index (κ2) is 7.28. The quantitative estimate of drug-likeness (QED) is 0.401. The van der Waals surface area contributed by atoms with Gasteiger partial charge >= 0.3 is 0 Å². The standard InChI is InChI=1S/C19H22ClFN2OSi/c1-25(2,3)10-9-24-13-23-18(14-5-4-6-15(21)11-14)12-16-17(20)7-8-22-19(16)23/h4-8,11-12H,9-10,13H2,1-3H3. The molecule has 1 aromatic carbocycles. The maximum Gasteiger partial charge on any atom is 0.143 e. The monoisotopic (exact) mass is 376 g/mol. The predicted molar refractivity (Wildman–Crippen MR) is 104 cm³/mol. The van der Waals surface area contributed by atoms with Gasteiger partial charge in [-0.05, 0) is 30.3 Å². The van der Waals surface area contributed by atoms with Crippen LogP contribution in [0.3, 0.4) is 0 Å². The molecule has 0 aliphatic carbocycles. The third-order valence-corrected chi connectivity index (χ3v) is 6.11. The number of aromatic nitrogens is 2. The van der Waals surface area contributed by atoms with Crippen LogP contribution in [0.1, 0.15) is 0 Å². The zero-order chi connectivity index (χ0) is 18.0. The number of benzene rings is 1. The Morgan fingerprint density at radius 2 is 2.00 bits per heavy atom. The van der Waals surface area contributed by atoms with Crippen LogP contribution in [0.25, 0.3) is 22.3 Å². The Balaban J connectivity index is 1.96. The second-order valence-corrected chi connectivity index (χ2v) is 13.4. The van der Waals surface area contributed by atoms with E-state index in [-0.39, 0.29) is 5.82 Å². The van der Waals surface area contributed by atoms with E-state index in [1.807, 2.05) is 16.7 Å². The van der Waals surface area contributed by atoms with Gasteiger partial charge < -0.3 is 9.30 Å². The molecular weight excluding hydrogens is 355 g/mol. The molecule has 0 aliphatic heterocycles. The smallest absolute Gasteiger partial charge is 0.143 e. The minimum Gasteiger partial charge on any atom is -0.361 e. The summed E-state index contributed by atoms with van der Waals surface area (Å²) in [6.07, 6.45) is 1.68. The van der Waals surface area contributed by atoms with Crippen LogP contribution in [0, 0.1) is 5.82 Å². The zero-order valence-corrected chi connectivity index (χ0v) is 16.5. The van der Waals surface area contributed by atoms with Crippen LogP contribution in [0.4, 0.5) is 4.39 Å². The number of pyridine rings is 1. The van der Waals surface area contributed by atoms with E-state index in [4.69, 9.17) is 16.3 Å². The predicted octanol–water partition coefficient (Wildman–Crippen LogP) is 5.81. The lowest BCUT2D eigenvalue weighted by atomic mass is 10.1. The first-order chi connectivity index (χ1) is 11.8. The van der Waals surface area contributed by atoms with Gasteiger partial charge in [-0.1, -0.05) is 43.4 Å². The van der Waals surface area contributed by atoms with E-state index in [2.05, 4.69) is 24.6 Å². The molecule has 0 spiro atoms. The van der Waals surface area contributed by atoms with Crippen molar-refractivity contribution in [2.24, 2.45) is 0 Å². The van der Waals surface area contributed by atoms with Crippen molar-refractivity contribution < 1.29 is 9.13 Å². The Hall–Kier alpha value is -1.69. The maximum atomic E-state index is 13.7. The highest BCUT2D eigenvalue weighted by Crippen LogP contribution is 2.31. The Morgan fingerprint density at radius 1 is 1.20 bits per heavy atom. The molecule has 6 heteroatoms. The van der Waals surface area contributed by atoms with Crippen LogP contribution in [0.2, 0.25) is 30.7 Å². The normalized spacial score (nSPS) is 12.0. The summed E-state index contributed by atoms with van der Waals surface area (Å²) in [5.41, 5.74) is 2.38. The zero-order valence-electron chi connectivity index (χ0n) is 14.7. The fourth-order valence-corrected chi connectivity index (χ4v) is 3.62. The van der Waals surface area contributed by atoms with Crippen LogP contribution in [0.15, 0.2) is 42.6 Å². The van der Waals surface area contributed by atoms with Gasteiger partial charge in [0.15, 0.2) is 0 Å². The van der Waals surface area contributed by atoms with E-state index < -0.39 is 8.07 Å². The lowest BCUT2D eigenvalue weighted by molar-refractivity contribution is 0.0909. The van der Waals surface area contributed by atoms with Gasteiger partial charge in [0, 0.05) is 31.8 Å². The van der Waals surface area contributed by atoms with Crippen molar-refractivity contribution in [3.63, 3.8) is 0 Å². The Morgan fingerprint density at radius 3 is 2.72 bits per heavy atom. The van der Waals surface area contributed by atoms with Crippen LogP contribution >= 0.6 is 11.6 Å². The van der Waals surface area contributed by atoms with Crippen molar-refractivity contribution >= 4 is 30.7 Å². The molecule has 2 aromatic heterocycles. The fraction of sp³-hybridized carbons (Fsp3) is 0.316. The Labute approximate surface area is 153 Å². The lowest BCUT2D eigenvalue weighted by Gasteiger charge is -2.16. The number of rotatable bonds is 6. The molecule has 25 heavy (non-hydrogen) atoms. The van der Waals surface area contributed by atoms with Gasteiger partial charge in [0.2, 0.25) is 0 Å². The highest BCUT2D eigenvalue weighted by Gasteiger charge is 2.16. The first-order valence-electron chi connectivity index (χ1n) is 8.32. The van der Waals surface area contributed by atoms with Crippen LogP contribution in [0.5, 0.6) is 0 Å². The summed E-state index contributed by atoms with van der Waals surface area (Å²) in [7, 11) is -1.15. The summed E-state index contributed by atoms with van der Waals surface area (Å²) >= 11 is 6.32. The molecule has 0 fully saturated rings. The molecule has 0 unspecified atom stereocenters. The van der Waals surface area contributed by atoms with E-state index in [1.54, 1.807) is 18.3 Å². The molecule has 0 bridgehead atoms. The maximum absolute atomic E-state index is 13.7. The van der Waals surface area contributed by atoms with Gasteiger partial charge in [0.25, 0.3) is 0 Å². The molecule has 0 radical (unpaired) electrons. The molecule has 132 valence electrons. The molecule has 0 aliphatic rings. The molecular formula is C19H22ClFN2OSi. The summed E-state index contributed by atoms with van der Waals surface area (Å²) in [6, 6.07) is 11.3. The van der Waals surface area contributed by atoms with E-state index in [1.165, 1.54) is 12.1 Å². The largest absolute Gasteiger partial charge is 0.361 e. The summed E-state index contributed by atoms with van der Waals surface area (Å²) in [4.78, 5) is 4.45. The average molecular weight is 377 g/mol. The number of halogens is 2. The number of hydrogen-bond donors (Lipinski definition) is 0. The molecule has 0 saturated carbocycles. The summed E-state index contributed by atoms with van der Waals surface area (Å²) in [5.74, 6) is -0.270. The van der Waals surface area contributed by atoms with E-state index >= 15 is 0 Å². The van der Waals surface area contributed by atoms with E-state index in [0.717, 1.165) is 28.3 Å². The molecule has 2 heterocycles. The SMILES string of the molecule is C[Si](C)(C)CCOCn1c(-c2cccc(F)c2)cc2c(Cl)ccnc21. The van der Waals surface area contributed by atoms with Gasteiger partial charge in [0.05, 0.1) is 10.7 Å². The molecule has 0 atom stereocenters. The van der Waals surface area contributed by atoms with E-state index in [9.17, 15) is 4.39 Å². The average Bonchev–Trinajstić information content (AvgIpc) is 2.91. The topological polar surface area (TPSA) is 27.1 Å². The van der Waals surface area contributed by atoms with Crippen molar-refractivity contribution in [2.45, 2.75) is 32.4 Å². The highest BCUT2D eigenvalue weighted by molar-refractivity contribution is 6.76. The van der Waals surface area contributed by atoms with Crippen LogP contribution in [-0.2, 0) is 11.5 Å². The van der Waals surface area contributed by atoms with Crippen molar-refractivity contribution in [1.82, 2.24) is 9.55 Å². The summed E-state index contributed by atoms with van der Waals surface area (Å²) in [6.45, 7) is 8.04. The van der Waals surface area contributed by atoms with Crippen LogP contribution < -0.4 is 0 Å². The van der Waals surface area contributed by atoms with Crippen LogP contribution in [-0.4, -0.2) is 24.2 Å². The third kappa shape index (κ3) is 4.29. The van der Waals surface area contributed by atoms with Crippen molar-refractivity contribution in [1.29, 1.82) is 0 Å². The highest BCUT2D eigenvalue weighted by atomic mass is 35.5. The van der Waals surface area contributed by atoms with Gasteiger partial charge in [-0.25, -0.2) is 9.37 Å². The Kier molecular flexibility index (Phi) is 5.27. The van der Waals surface area contributed by atoms with Gasteiger partial charge in [-0.3, -0.25) is 0 Å². The number of fused-ring (bicyclic) bond motifs is 1. The molecule has 0 N–H and O–H groups in total. The molecule has 0 amide bonds. The summed E-state index contributed by atoms with van der Waals surface area (Å²) < 4.78 is 21.6. The van der Waals surface area contributed by atoms with E-state index in [0.29, 0.717) is 18.4 Å². The van der Waals surface area contributed by atoms with Gasteiger partial charge in [-0.2, -0.15) is 0 Å². The van der Waals surface area contributed by atoms with Crippen molar-refractivity contribution in [3.8, 4) is 11.3 Å². The Bertz CT molecular complexity index is 889. The minimum atomic E-state index is -1.15. The first-order valence-corrected chi connectivity index (χ1v) is 12.4. The fourth-order valence-electron chi connectivity index (χ4n) is 2.67. The lowest BCUT2D eigenvalue weighted by Crippen LogP contribution is -2.22. The second-order valence-electron chi connectivity index (χ2n) is 7.35. The van der Waals surface area contributed by atoms with Gasteiger partial charge in [-0.15, -0.1) is 0 Å². The van der Waals surface area contributed by atoms with Gasteiger partial charge in [0.1, 0.15) is 18.2 Å². The third-order valence-electron chi connectivity index (χ3n) is 4.08. The molecule has 0 saturated heterocycles. The number of ether oxygens (including phenoxy) is 1. The van der Waals surface area contributed by atoms with Crippen molar-refractivity contribution in [2.75, 3.05) is 6.61 Å². The first kappa shape index (κ1) is 18.1.